The zero-order valence-electron chi connectivity index (χ0n) is 57.2. The predicted octanol–water partition coefficient (Wildman–Crippen LogP) is 12.7. The largest absolute Gasteiger partial charge is 0.480 e. The van der Waals surface area contributed by atoms with Crippen LogP contribution in [-0.2, 0) is 36.4 Å². The standard InChI is InChI=1S/C33H39ClFN5O4S.C29H31ClFN5O3.C12H13ClN2O4.ClH/c1-32(2,3)45(44)39-33(16-15-21-7-8-21,29-6-4-5-17-36-29)22-9-14-26(35)27(18-22)38-30(42)28-19-25(41)20-40(28)31(43)37-24-12-10-23(34)11-13-24;30-20-7-9-21(10-8-20)34-28(39)36-17-22(37)16-25(36)27(38)35-24-15-19(6-11-23(24)31)29(32,13-12-18-4-5-18)26-3-1-2-14-33-26;13-7-1-3-8(4-2-7)14-12(19)15-6-9(16)5-10(15)11(17)18;/h4-6,9-14,17-18,21,25,28,39,41H,7-8,15-16,19-20H2,1-3H3,(H,37,43)(H,38,42);1-3,6-11,14-15,18,22,25,37H,4-5,12-13,16-17,32H2,(H,34,39)(H,35,38);1-4,9-10,16H,5-6H2,(H,14,19)(H,17,18);1H/t25-,28-,33?,45+;22-,25-,29?;9-,10-;/m111./s1. The van der Waals surface area contributed by atoms with Crippen molar-refractivity contribution >= 4 is 123 Å². The Hall–Kier alpha value is -8.41. The van der Waals surface area contributed by atoms with Gasteiger partial charge in [-0.15, -0.1) is 12.4 Å². The fourth-order valence-corrected chi connectivity index (χ4v) is 13.8. The summed E-state index contributed by atoms with van der Waals surface area (Å²) in [6.45, 7) is 5.54. The van der Waals surface area contributed by atoms with Gasteiger partial charge in [0, 0.05) is 83.4 Å². The molecule has 2 saturated carbocycles. The van der Waals surface area contributed by atoms with Crippen LogP contribution in [0, 0.1) is 23.5 Å². The van der Waals surface area contributed by atoms with Crippen LogP contribution in [0.2, 0.25) is 15.1 Å². The van der Waals surface area contributed by atoms with Crippen molar-refractivity contribution in [2.24, 2.45) is 17.6 Å². The molecule has 12 N–H and O–H groups in total. The highest BCUT2D eigenvalue weighted by Gasteiger charge is 2.45. The van der Waals surface area contributed by atoms with Gasteiger partial charge < -0.3 is 67.4 Å². The van der Waals surface area contributed by atoms with Crippen LogP contribution in [0.25, 0.3) is 0 Å². The Morgan fingerprint density at radius 2 is 0.904 bits per heavy atom. The van der Waals surface area contributed by atoms with Crippen molar-refractivity contribution < 1.29 is 62.2 Å². The maximum Gasteiger partial charge on any atom is 0.326 e. The number of anilines is 5. The number of amides is 8. The minimum Gasteiger partial charge on any atom is -0.480 e. The van der Waals surface area contributed by atoms with Crippen LogP contribution >= 0.6 is 47.2 Å². The van der Waals surface area contributed by atoms with E-state index in [-0.39, 0.29) is 62.7 Å². The molecule has 5 fully saturated rings. The Kier molecular flexibility index (Phi) is 26.9. The van der Waals surface area contributed by atoms with Gasteiger partial charge in [0.15, 0.2) is 0 Å². The number of hydrogen-bond acceptors (Lipinski definition) is 13. The number of halogens is 6. The summed E-state index contributed by atoms with van der Waals surface area (Å²) < 4.78 is 46.7. The lowest BCUT2D eigenvalue weighted by molar-refractivity contribution is -0.141. The van der Waals surface area contributed by atoms with Gasteiger partial charge in [-0.2, -0.15) is 0 Å². The average Bonchev–Trinajstić information content (AvgIpc) is 1.27. The molecule has 12 rings (SSSR count). The first-order chi connectivity index (χ1) is 49.0. The number of benzene rings is 5. The Balaban J connectivity index is 0.000000193. The molecule has 5 heterocycles. The first-order valence-electron chi connectivity index (χ1n) is 33.9. The number of carboxylic acid groups (broad SMARTS) is 1. The van der Waals surface area contributed by atoms with Crippen molar-refractivity contribution in [3.8, 4) is 0 Å². The van der Waals surface area contributed by atoms with E-state index in [1.807, 2.05) is 51.1 Å². The van der Waals surface area contributed by atoms with Gasteiger partial charge in [-0.1, -0.05) is 84.8 Å². The number of β-amino-alcohol motifs (C(OH)–C–C–N with tert-alkyl or cyclic N) is 3. The number of aromatic nitrogens is 2. The molecule has 3 saturated heterocycles. The van der Waals surface area contributed by atoms with Crippen LogP contribution < -0.4 is 37.0 Å². The number of nitrogens with one attached hydrogen (secondary N) is 6. The third-order valence-electron chi connectivity index (χ3n) is 18.6. The highest BCUT2D eigenvalue weighted by Crippen LogP contribution is 2.44. The Morgan fingerprint density at radius 1 is 0.529 bits per heavy atom. The van der Waals surface area contributed by atoms with Gasteiger partial charge >= 0.3 is 24.1 Å². The van der Waals surface area contributed by atoms with Gasteiger partial charge in [0.2, 0.25) is 11.8 Å². The summed E-state index contributed by atoms with van der Waals surface area (Å²) in [5, 5.41) is 54.0. The highest BCUT2D eigenvalue weighted by atomic mass is 35.5. The van der Waals surface area contributed by atoms with E-state index in [1.54, 1.807) is 109 Å². The molecule has 5 aromatic carbocycles. The molecule has 30 heteroatoms. The van der Waals surface area contributed by atoms with E-state index in [9.17, 15) is 52.7 Å². The first kappa shape index (κ1) is 79.7. The van der Waals surface area contributed by atoms with E-state index < -0.39 is 111 Å². The number of urea groups is 3. The Labute approximate surface area is 625 Å². The van der Waals surface area contributed by atoms with E-state index in [2.05, 4.69) is 41.3 Å². The summed E-state index contributed by atoms with van der Waals surface area (Å²) in [4.78, 5) is 88.7. The molecule has 2 unspecified atom stereocenters. The maximum absolute atomic E-state index is 15.4. The van der Waals surface area contributed by atoms with Crippen molar-refractivity contribution in [3.63, 3.8) is 0 Å². The first-order valence-corrected chi connectivity index (χ1v) is 36.1. The van der Waals surface area contributed by atoms with Crippen LogP contribution in [0.3, 0.4) is 0 Å². The predicted molar refractivity (Wildman–Crippen MR) is 399 cm³/mol. The number of aliphatic hydroxyl groups is 3. The number of nitrogens with two attached hydrogens (primary N) is 1. The molecular weight excluding hydrogens is 1440 g/mol. The lowest BCUT2D eigenvalue weighted by atomic mass is 9.82. The lowest BCUT2D eigenvalue weighted by Gasteiger charge is -2.37. The van der Waals surface area contributed by atoms with Gasteiger partial charge in [-0.25, -0.2) is 36.9 Å². The van der Waals surface area contributed by atoms with E-state index in [0.29, 0.717) is 79.3 Å². The summed E-state index contributed by atoms with van der Waals surface area (Å²) in [6.07, 6.45) is 8.34. The molecule has 2 aliphatic carbocycles. The topological polar surface area (TPSA) is 334 Å². The second-order valence-corrected chi connectivity index (χ2v) is 30.7. The summed E-state index contributed by atoms with van der Waals surface area (Å²) >= 11 is 17.6. The van der Waals surface area contributed by atoms with Crippen LogP contribution in [-0.4, -0.2) is 146 Å². The molecule has 23 nitrogen and oxygen atoms in total. The Bertz CT molecular complexity index is 4180. The van der Waals surface area contributed by atoms with Crippen LogP contribution in [0.1, 0.15) is 114 Å². The molecule has 8 amide bonds. The minimum atomic E-state index is -1.52. The smallest absolute Gasteiger partial charge is 0.326 e. The molecule has 7 aromatic rings. The number of aliphatic hydroxyl groups excluding tert-OH is 3. The van der Waals surface area contributed by atoms with Crippen molar-refractivity contribution in [1.82, 2.24) is 29.4 Å². The zero-order chi connectivity index (χ0) is 73.9. The molecule has 554 valence electrons. The summed E-state index contributed by atoms with van der Waals surface area (Å²) in [5.41, 5.74) is 8.81. The number of pyridine rings is 2. The molecular formula is C74H84Cl4F2N12O11S. The van der Waals surface area contributed by atoms with Crippen molar-refractivity contribution in [2.45, 2.75) is 144 Å². The molecule has 0 spiro atoms. The quantitative estimate of drug-likeness (QED) is 0.0338. The normalized spacial score (nSPS) is 20.5. The minimum absolute atomic E-state index is 0. The summed E-state index contributed by atoms with van der Waals surface area (Å²) in [7, 11) is -1.52. The third kappa shape index (κ3) is 20.8. The molecule has 3 aliphatic heterocycles. The third-order valence-corrected chi connectivity index (χ3v) is 21.0. The Morgan fingerprint density at radius 3 is 1.29 bits per heavy atom. The number of carboxylic acids is 1. The molecule has 0 radical (unpaired) electrons. The second kappa shape index (κ2) is 35.1. The number of hydrogen-bond donors (Lipinski definition) is 11. The highest BCUT2D eigenvalue weighted by molar-refractivity contribution is 7.84. The lowest BCUT2D eigenvalue weighted by Crippen LogP contribution is -2.49. The maximum atomic E-state index is 15.4. The van der Waals surface area contributed by atoms with Crippen LogP contribution in [0.5, 0.6) is 0 Å². The van der Waals surface area contributed by atoms with E-state index in [0.717, 1.165) is 30.6 Å². The van der Waals surface area contributed by atoms with E-state index >= 15 is 4.39 Å². The van der Waals surface area contributed by atoms with Gasteiger partial charge in [0.05, 0.1) is 67.9 Å². The van der Waals surface area contributed by atoms with E-state index in [1.165, 1.54) is 40.8 Å². The molecule has 2 aromatic heterocycles. The molecule has 9 atom stereocenters. The average molecular weight is 1530 g/mol. The zero-order valence-corrected chi connectivity index (χ0v) is 61.1. The second-order valence-electron chi connectivity index (χ2n) is 27.4. The summed E-state index contributed by atoms with van der Waals surface area (Å²) in [6, 6.07) is 34.7. The number of carbonyl (C=O) groups is 6. The molecule has 5 aliphatic rings. The molecule has 104 heavy (non-hydrogen) atoms. The SMILES string of the molecule is CC(C)(C)[S@](=O)NC(CCC1CC1)(c1ccc(F)c(NC(=O)[C@H]2C[C@@H](O)CN2C(=O)Nc2ccc(Cl)cc2)c1)c1ccccn1.Cl.NC(CCC1CC1)(c1ccc(F)c(NC(=O)[C@H]2C[C@@H](O)CN2C(=O)Nc2ccc(Cl)cc2)c1)c1ccccn1.O=C(O)[C@H]1C[C@@H](O)CN1C(=O)Nc1ccc(Cl)cc1. The number of aliphatic carboxylic acids is 1. The fraction of sp³-hybridized carbons (Fsp3) is 0.378. The van der Waals surface area contributed by atoms with Crippen molar-refractivity contribution in [1.29, 1.82) is 0 Å². The van der Waals surface area contributed by atoms with Crippen molar-refractivity contribution in [2.75, 3.05) is 46.2 Å². The fourth-order valence-electron chi connectivity index (χ4n) is 12.5. The number of carbonyl (C=O) groups excluding carboxylic acids is 5. The van der Waals surface area contributed by atoms with Gasteiger partial charge in [0.1, 0.15) is 29.8 Å². The molecule has 0 bridgehead atoms. The van der Waals surface area contributed by atoms with E-state index in [4.69, 9.17) is 45.6 Å². The van der Waals surface area contributed by atoms with Crippen LogP contribution in [0.4, 0.5) is 51.6 Å². The monoisotopic (exact) mass is 1530 g/mol. The van der Waals surface area contributed by atoms with Gasteiger partial charge in [-0.3, -0.25) is 19.6 Å². The number of rotatable bonds is 20. The number of nitrogens with zero attached hydrogens (tertiary/aromatic N) is 5. The van der Waals surface area contributed by atoms with Gasteiger partial charge in [-0.05, 0) is 191 Å². The van der Waals surface area contributed by atoms with Gasteiger partial charge in [0.25, 0.3) is 0 Å². The number of likely N-dealkylation sites (tertiary alicyclic amines) is 3. The van der Waals surface area contributed by atoms with Crippen LogP contribution in [0.15, 0.2) is 158 Å². The van der Waals surface area contributed by atoms with Crippen molar-refractivity contribution in [3.05, 3.63) is 207 Å². The summed E-state index contributed by atoms with van der Waals surface area (Å²) in [5.74, 6) is -2.48.